The summed E-state index contributed by atoms with van der Waals surface area (Å²) in [6.07, 6.45) is 3.55. The van der Waals surface area contributed by atoms with E-state index in [0.29, 0.717) is 29.6 Å². The highest BCUT2D eigenvalue weighted by molar-refractivity contribution is 6.30. The summed E-state index contributed by atoms with van der Waals surface area (Å²) in [6, 6.07) is 17.2. The fourth-order valence-electron chi connectivity index (χ4n) is 5.26. The van der Waals surface area contributed by atoms with Crippen LogP contribution in [0.1, 0.15) is 51.9 Å². The number of nitrogens with one attached hydrogen (secondary N) is 1. The summed E-state index contributed by atoms with van der Waals surface area (Å²) >= 11 is 5.84. The van der Waals surface area contributed by atoms with Crippen LogP contribution in [0.5, 0.6) is 5.88 Å². The molecule has 41 heavy (non-hydrogen) atoms. The minimum atomic E-state index is -0.968. The van der Waals surface area contributed by atoms with Gasteiger partial charge in [0.25, 0.3) is 0 Å². The van der Waals surface area contributed by atoms with Crippen molar-refractivity contribution in [3.63, 3.8) is 0 Å². The number of hydrogen-bond acceptors (Lipinski definition) is 6. The van der Waals surface area contributed by atoms with Gasteiger partial charge < -0.3 is 14.4 Å². The van der Waals surface area contributed by atoms with Crippen LogP contribution < -0.4 is 4.74 Å². The fraction of sp³-hybridized carbons (Fsp3) is 0.267. The lowest BCUT2D eigenvalue weighted by Crippen LogP contribution is -2.33. The fourth-order valence-corrected chi connectivity index (χ4v) is 5.42. The highest BCUT2D eigenvalue weighted by Crippen LogP contribution is 2.29. The van der Waals surface area contributed by atoms with Crippen LogP contribution in [0.15, 0.2) is 66.9 Å². The quantitative estimate of drug-likeness (QED) is 0.234. The number of piperidine rings is 1. The van der Waals surface area contributed by atoms with Crippen LogP contribution in [0.25, 0.3) is 11.0 Å². The standard InChI is InChI=1S/C30H28ClFN6O3/c31-22-6-4-21(24(32)15-22)18-41-29-3-1-2-25(35-29)19-9-12-37(13-10-19)17-28-34-26-7-5-20(30(39)40)14-27(26)38(28)16-23-8-11-33-36-23/h1-8,11,14-15,19H,9-10,12-13,16-18H2,(H,33,36)(H,39,40). The van der Waals surface area contributed by atoms with Crippen LogP contribution in [0.2, 0.25) is 5.02 Å². The number of ether oxygens (including phenoxy) is 1. The Morgan fingerprint density at radius 2 is 1.93 bits per heavy atom. The molecule has 210 valence electrons. The lowest BCUT2D eigenvalue weighted by Gasteiger charge is -2.31. The molecule has 2 aromatic carbocycles. The van der Waals surface area contributed by atoms with Gasteiger partial charge in [0.2, 0.25) is 5.88 Å². The third-order valence-electron chi connectivity index (χ3n) is 7.47. The first-order chi connectivity index (χ1) is 19.9. The molecule has 1 aliphatic heterocycles. The van der Waals surface area contributed by atoms with Crippen LogP contribution in [0, 0.1) is 5.82 Å². The number of fused-ring (bicyclic) bond motifs is 1. The molecule has 1 fully saturated rings. The Kier molecular flexibility index (Phi) is 7.67. The second kappa shape index (κ2) is 11.7. The Morgan fingerprint density at radius 1 is 1.07 bits per heavy atom. The zero-order chi connectivity index (χ0) is 28.3. The highest BCUT2D eigenvalue weighted by atomic mass is 35.5. The molecule has 1 aliphatic rings. The molecule has 0 unspecified atom stereocenters. The van der Waals surface area contributed by atoms with Gasteiger partial charge >= 0.3 is 5.97 Å². The summed E-state index contributed by atoms with van der Waals surface area (Å²) < 4.78 is 22.0. The number of imidazole rings is 1. The first-order valence-corrected chi connectivity index (χ1v) is 13.8. The molecular weight excluding hydrogens is 547 g/mol. The van der Waals surface area contributed by atoms with E-state index in [1.54, 1.807) is 42.6 Å². The molecule has 0 spiro atoms. The van der Waals surface area contributed by atoms with E-state index in [1.807, 2.05) is 18.2 Å². The summed E-state index contributed by atoms with van der Waals surface area (Å²) in [4.78, 5) is 23.5. The van der Waals surface area contributed by atoms with Crippen molar-refractivity contribution in [3.05, 3.63) is 106 Å². The number of benzene rings is 2. The normalized spacial score (nSPS) is 14.5. The minimum absolute atomic E-state index is 0.0748. The Morgan fingerprint density at radius 3 is 2.68 bits per heavy atom. The second-order valence-corrected chi connectivity index (χ2v) is 10.6. The van der Waals surface area contributed by atoms with Gasteiger partial charge in [-0.1, -0.05) is 23.7 Å². The Labute approximate surface area is 240 Å². The molecule has 2 N–H and O–H groups in total. The van der Waals surface area contributed by atoms with Crippen molar-refractivity contribution < 1.29 is 19.0 Å². The van der Waals surface area contributed by atoms with Gasteiger partial charge in [0.05, 0.1) is 35.4 Å². The van der Waals surface area contributed by atoms with Gasteiger partial charge in [-0.3, -0.25) is 10.00 Å². The minimum Gasteiger partial charge on any atom is -0.478 e. The third kappa shape index (κ3) is 6.08. The monoisotopic (exact) mass is 574 g/mol. The van der Waals surface area contributed by atoms with Crippen LogP contribution in [-0.2, 0) is 19.7 Å². The van der Waals surface area contributed by atoms with Crippen molar-refractivity contribution >= 4 is 28.6 Å². The molecule has 5 aromatic rings. The van der Waals surface area contributed by atoms with Crippen molar-refractivity contribution in [2.75, 3.05) is 13.1 Å². The van der Waals surface area contributed by atoms with Crippen molar-refractivity contribution in [1.29, 1.82) is 0 Å². The average Bonchev–Trinajstić information content (AvgIpc) is 3.61. The van der Waals surface area contributed by atoms with Gasteiger partial charge in [0, 0.05) is 34.5 Å². The van der Waals surface area contributed by atoms with E-state index in [4.69, 9.17) is 26.3 Å². The zero-order valence-corrected chi connectivity index (χ0v) is 22.9. The SMILES string of the molecule is O=C(O)c1ccc2nc(CN3CCC(c4cccc(OCc5ccc(Cl)cc5F)n4)CC3)n(Cc3ccn[nH]3)c2c1. The Hall–Kier alpha value is -4.28. The Bertz CT molecular complexity index is 1680. The van der Waals surface area contributed by atoms with E-state index in [1.165, 1.54) is 6.07 Å². The summed E-state index contributed by atoms with van der Waals surface area (Å²) in [5.41, 5.74) is 4.08. The molecule has 1 saturated heterocycles. The number of pyridine rings is 1. The number of aromatic nitrogens is 5. The number of carbonyl (C=O) groups is 1. The molecule has 9 nitrogen and oxygen atoms in total. The number of H-pyrrole nitrogens is 1. The van der Waals surface area contributed by atoms with Gasteiger partial charge in [-0.15, -0.1) is 0 Å². The molecule has 6 rings (SSSR count). The maximum absolute atomic E-state index is 14.1. The summed E-state index contributed by atoms with van der Waals surface area (Å²) in [5, 5.41) is 16.9. The van der Waals surface area contributed by atoms with Crippen molar-refractivity contribution in [2.45, 2.75) is 38.5 Å². The topological polar surface area (TPSA) is 109 Å². The van der Waals surface area contributed by atoms with Gasteiger partial charge in [-0.05, 0) is 68.4 Å². The van der Waals surface area contributed by atoms with Crippen molar-refractivity contribution in [3.8, 4) is 5.88 Å². The van der Waals surface area contributed by atoms with Crippen molar-refractivity contribution in [2.24, 2.45) is 0 Å². The number of nitrogens with zero attached hydrogens (tertiary/aromatic N) is 5. The van der Waals surface area contributed by atoms with Gasteiger partial charge in [-0.2, -0.15) is 5.10 Å². The summed E-state index contributed by atoms with van der Waals surface area (Å²) in [6.45, 7) is 2.96. The molecule has 0 atom stereocenters. The Balaban J connectivity index is 1.13. The highest BCUT2D eigenvalue weighted by Gasteiger charge is 2.24. The summed E-state index contributed by atoms with van der Waals surface area (Å²) in [7, 11) is 0. The predicted octanol–water partition coefficient (Wildman–Crippen LogP) is 5.65. The van der Waals surface area contributed by atoms with E-state index in [0.717, 1.165) is 54.2 Å². The smallest absolute Gasteiger partial charge is 0.335 e. The number of carboxylic acid groups (broad SMARTS) is 1. The van der Waals surface area contributed by atoms with Crippen LogP contribution in [-0.4, -0.2) is 53.8 Å². The number of halogens is 2. The molecule has 0 radical (unpaired) electrons. The number of carboxylic acids is 1. The maximum Gasteiger partial charge on any atom is 0.335 e. The van der Waals surface area contributed by atoms with Gasteiger partial charge in [-0.25, -0.2) is 19.2 Å². The van der Waals surface area contributed by atoms with E-state index in [-0.39, 0.29) is 18.1 Å². The molecule has 0 aliphatic carbocycles. The number of aromatic carboxylic acids is 1. The largest absolute Gasteiger partial charge is 0.478 e. The van der Waals surface area contributed by atoms with Crippen LogP contribution >= 0.6 is 11.6 Å². The second-order valence-electron chi connectivity index (χ2n) is 10.2. The van der Waals surface area contributed by atoms with Crippen molar-refractivity contribution in [1.82, 2.24) is 29.6 Å². The van der Waals surface area contributed by atoms with Crippen LogP contribution in [0.4, 0.5) is 4.39 Å². The molecule has 0 saturated carbocycles. The molecule has 3 aromatic heterocycles. The zero-order valence-electron chi connectivity index (χ0n) is 22.1. The van der Waals surface area contributed by atoms with E-state index >= 15 is 0 Å². The first-order valence-electron chi connectivity index (χ1n) is 13.4. The number of rotatable bonds is 9. The number of aromatic amines is 1. The molecule has 11 heteroatoms. The number of likely N-dealkylation sites (tertiary alicyclic amines) is 1. The number of hydrogen-bond donors (Lipinski definition) is 2. The predicted molar refractivity (Wildman–Crippen MR) is 152 cm³/mol. The lowest BCUT2D eigenvalue weighted by molar-refractivity contribution is 0.0697. The van der Waals surface area contributed by atoms with Gasteiger partial charge in [0.1, 0.15) is 18.2 Å². The first kappa shape index (κ1) is 26.9. The van der Waals surface area contributed by atoms with E-state index in [2.05, 4.69) is 19.7 Å². The van der Waals surface area contributed by atoms with Gasteiger partial charge in [0.15, 0.2) is 0 Å². The lowest BCUT2D eigenvalue weighted by atomic mass is 9.93. The van der Waals surface area contributed by atoms with E-state index in [9.17, 15) is 14.3 Å². The molecular formula is C30H28ClFN6O3. The summed E-state index contributed by atoms with van der Waals surface area (Å²) in [5.74, 6) is 0.251. The molecule has 0 amide bonds. The maximum atomic E-state index is 14.1. The van der Waals surface area contributed by atoms with Crippen LogP contribution in [0.3, 0.4) is 0 Å². The molecule has 0 bridgehead atoms. The molecule has 4 heterocycles. The average molecular weight is 575 g/mol. The van der Waals surface area contributed by atoms with E-state index < -0.39 is 11.8 Å². The third-order valence-corrected chi connectivity index (χ3v) is 7.70.